The molecule has 0 aliphatic rings. The van der Waals surface area contributed by atoms with Crippen LogP contribution in [0.3, 0.4) is 0 Å². The van der Waals surface area contributed by atoms with Crippen molar-refractivity contribution in [2.24, 2.45) is 0 Å². The van der Waals surface area contributed by atoms with Gasteiger partial charge in [-0.15, -0.1) is 0 Å². The van der Waals surface area contributed by atoms with Gasteiger partial charge in [0.2, 0.25) is 0 Å². The molecule has 0 bridgehead atoms. The van der Waals surface area contributed by atoms with Crippen molar-refractivity contribution in [3.05, 3.63) is 0 Å². The maximum atomic E-state index is 12.2. The van der Waals surface area contributed by atoms with Crippen molar-refractivity contribution >= 4 is 6.29 Å². The summed E-state index contributed by atoms with van der Waals surface area (Å²) in [5, 5.41) is 0. The van der Waals surface area contributed by atoms with Crippen LogP contribution in [-0.2, 0) is 4.79 Å². The minimum absolute atomic E-state index is 0.265. The molecule has 0 fully saturated rings. The highest BCUT2D eigenvalue weighted by Gasteiger charge is 2.26. The van der Waals surface area contributed by atoms with Gasteiger partial charge >= 0.3 is 5.92 Å². The first-order valence-corrected chi connectivity index (χ1v) is 3.96. The monoisotopic (exact) mass is 164 g/mol. The molecule has 1 nitrogen and oxygen atoms in total. The van der Waals surface area contributed by atoms with Crippen LogP contribution in [0.25, 0.3) is 0 Å². The summed E-state index contributed by atoms with van der Waals surface area (Å²) in [5.74, 6) is -3.09. The van der Waals surface area contributed by atoms with Crippen LogP contribution in [-0.4, -0.2) is 12.2 Å². The lowest BCUT2D eigenvalue weighted by molar-refractivity contribution is -0.130. The highest BCUT2D eigenvalue weighted by molar-refractivity contribution is 5.59. The van der Waals surface area contributed by atoms with Crippen molar-refractivity contribution in [3.8, 4) is 0 Å². The Hall–Kier alpha value is -0.470. The lowest BCUT2D eigenvalue weighted by Crippen LogP contribution is -2.16. The van der Waals surface area contributed by atoms with Crippen molar-refractivity contribution in [1.82, 2.24) is 0 Å². The predicted molar refractivity (Wildman–Crippen MR) is 39.8 cm³/mol. The molecule has 0 rings (SSSR count). The lowest BCUT2D eigenvalue weighted by Gasteiger charge is -2.06. The van der Waals surface area contributed by atoms with E-state index in [0.29, 0.717) is 6.42 Å². The average Bonchev–Trinajstić information content (AvgIpc) is 1.99. The number of alkyl halides is 2. The smallest absolute Gasteiger partial charge is 0.297 e. The van der Waals surface area contributed by atoms with Gasteiger partial charge in [0.15, 0.2) is 6.29 Å². The maximum absolute atomic E-state index is 12.2. The van der Waals surface area contributed by atoms with Gasteiger partial charge in [0, 0.05) is 6.42 Å². The Morgan fingerprint density at radius 3 is 2.36 bits per heavy atom. The Kier molecular flexibility index (Phi) is 4.99. The molecule has 0 atom stereocenters. The third kappa shape index (κ3) is 5.95. The molecule has 0 aromatic carbocycles. The van der Waals surface area contributed by atoms with Crippen LogP contribution >= 0.6 is 0 Å². The summed E-state index contributed by atoms with van der Waals surface area (Å²) < 4.78 is 24.4. The minimum atomic E-state index is -3.09. The fourth-order valence-electron chi connectivity index (χ4n) is 0.846. The van der Waals surface area contributed by atoms with Gasteiger partial charge in [-0.3, -0.25) is 4.79 Å². The second kappa shape index (κ2) is 5.22. The first kappa shape index (κ1) is 10.5. The number of hydrogen-bond donors (Lipinski definition) is 0. The summed E-state index contributed by atoms with van der Waals surface area (Å²) in [5.41, 5.74) is 0. The van der Waals surface area contributed by atoms with E-state index >= 15 is 0 Å². The molecule has 0 unspecified atom stereocenters. The van der Waals surface area contributed by atoms with Crippen LogP contribution in [0, 0.1) is 0 Å². The van der Waals surface area contributed by atoms with E-state index in [0.717, 1.165) is 19.3 Å². The average molecular weight is 164 g/mol. The molecule has 66 valence electrons. The summed E-state index contributed by atoms with van der Waals surface area (Å²) in [4.78, 5) is 9.74. The Morgan fingerprint density at radius 1 is 1.27 bits per heavy atom. The fraction of sp³-hybridized carbons (Fsp3) is 0.875. The number of unbranched alkanes of at least 4 members (excludes halogenated alkanes) is 3. The van der Waals surface area contributed by atoms with Crippen molar-refractivity contribution in [3.63, 3.8) is 0 Å². The van der Waals surface area contributed by atoms with Crippen LogP contribution in [0.15, 0.2) is 0 Å². The highest BCUT2D eigenvalue weighted by Crippen LogP contribution is 2.18. The van der Waals surface area contributed by atoms with Crippen molar-refractivity contribution < 1.29 is 13.6 Å². The standard InChI is InChI=1S/C8H14F2O/c1-2-3-4-5-6-8(9,10)7-11/h7H,2-6H2,1H3. The first-order chi connectivity index (χ1) is 5.12. The normalized spacial score (nSPS) is 11.5. The predicted octanol–water partition coefficient (Wildman–Crippen LogP) is 2.79. The van der Waals surface area contributed by atoms with E-state index in [4.69, 9.17) is 0 Å². The SMILES string of the molecule is CCCCCCC(F)(F)C=O. The van der Waals surface area contributed by atoms with Gasteiger partial charge in [-0.05, 0) is 6.42 Å². The zero-order valence-corrected chi connectivity index (χ0v) is 6.78. The fourth-order valence-corrected chi connectivity index (χ4v) is 0.846. The molecule has 0 amide bonds. The Labute approximate surface area is 65.8 Å². The number of hydrogen-bond acceptors (Lipinski definition) is 1. The molecule has 0 N–H and O–H groups in total. The molecule has 0 saturated carbocycles. The van der Waals surface area contributed by atoms with Crippen LogP contribution in [0.5, 0.6) is 0 Å². The zero-order valence-electron chi connectivity index (χ0n) is 6.78. The first-order valence-electron chi connectivity index (χ1n) is 3.96. The van der Waals surface area contributed by atoms with Crippen LogP contribution < -0.4 is 0 Å². The molecule has 0 aliphatic heterocycles. The molecule has 0 spiro atoms. The van der Waals surface area contributed by atoms with E-state index in [1.165, 1.54) is 0 Å². The lowest BCUT2D eigenvalue weighted by atomic mass is 10.1. The Balaban J connectivity index is 3.30. The molecule has 0 aromatic heterocycles. The molecule has 0 aliphatic carbocycles. The van der Waals surface area contributed by atoms with E-state index in [2.05, 4.69) is 0 Å². The summed E-state index contributed by atoms with van der Waals surface area (Å²) in [6.07, 6.45) is 2.66. The van der Waals surface area contributed by atoms with Gasteiger partial charge in [-0.25, -0.2) is 0 Å². The van der Waals surface area contributed by atoms with Crippen LogP contribution in [0.4, 0.5) is 8.78 Å². The van der Waals surface area contributed by atoms with Crippen molar-refractivity contribution in [2.75, 3.05) is 0 Å². The van der Waals surface area contributed by atoms with Gasteiger partial charge < -0.3 is 0 Å². The topological polar surface area (TPSA) is 17.1 Å². The largest absolute Gasteiger partial charge is 0.302 e. The molecule has 3 heteroatoms. The van der Waals surface area contributed by atoms with E-state index in [9.17, 15) is 13.6 Å². The van der Waals surface area contributed by atoms with E-state index in [1.807, 2.05) is 6.92 Å². The van der Waals surface area contributed by atoms with Crippen LogP contribution in [0.2, 0.25) is 0 Å². The molecule has 0 saturated heterocycles. The van der Waals surface area contributed by atoms with Gasteiger partial charge in [0.1, 0.15) is 0 Å². The second-order valence-corrected chi connectivity index (χ2v) is 2.69. The number of carbonyl (C=O) groups is 1. The van der Waals surface area contributed by atoms with E-state index in [1.54, 1.807) is 0 Å². The quantitative estimate of drug-likeness (QED) is 0.435. The Bertz CT molecular complexity index is 113. The van der Waals surface area contributed by atoms with Crippen LogP contribution in [0.1, 0.15) is 39.0 Å². The maximum Gasteiger partial charge on any atom is 0.302 e. The molecular formula is C8H14F2O. The second-order valence-electron chi connectivity index (χ2n) is 2.69. The summed E-state index contributed by atoms with van der Waals surface area (Å²) >= 11 is 0. The van der Waals surface area contributed by atoms with Gasteiger partial charge in [-0.1, -0.05) is 26.2 Å². The molecule has 0 heterocycles. The molecule has 0 aromatic rings. The summed E-state index contributed by atoms with van der Waals surface area (Å²) in [6.45, 7) is 2.01. The number of rotatable bonds is 6. The van der Waals surface area contributed by atoms with Gasteiger partial charge in [0.25, 0.3) is 0 Å². The molecule has 11 heavy (non-hydrogen) atoms. The number of halogens is 2. The summed E-state index contributed by atoms with van der Waals surface area (Å²) in [6, 6.07) is 0. The molecule has 0 radical (unpaired) electrons. The minimum Gasteiger partial charge on any atom is -0.297 e. The molecular weight excluding hydrogens is 150 g/mol. The Morgan fingerprint density at radius 2 is 1.91 bits per heavy atom. The third-order valence-electron chi connectivity index (χ3n) is 1.54. The zero-order chi connectivity index (χ0) is 8.74. The van der Waals surface area contributed by atoms with Gasteiger partial charge in [0.05, 0.1) is 0 Å². The summed E-state index contributed by atoms with van der Waals surface area (Å²) in [7, 11) is 0. The van der Waals surface area contributed by atoms with Gasteiger partial charge in [-0.2, -0.15) is 8.78 Å². The van der Waals surface area contributed by atoms with Crippen molar-refractivity contribution in [1.29, 1.82) is 0 Å². The number of aldehydes is 1. The highest BCUT2D eigenvalue weighted by atomic mass is 19.3. The van der Waals surface area contributed by atoms with E-state index < -0.39 is 5.92 Å². The van der Waals surface area contributed by atoms with Crippen molar-refractivity contribution in [2.45, 2.75) is 45.0 Å². The van der Waals surface area contributed by atoms with E-state index in [-0.39, 0.29) is 12.7 Å². The number of carbonyl (C=O) groups excluding carboxylic acids is 1. The third-order valence-corrected chi connectivity index (χ3v) is 1.54.